The molecule has 0 saturated carbocycles. The van der Waals surface area contributed by atoms with Gasteiger partial charge >= 0.3 is 0 Å². The molecular formula is C24H33N3O2S. The highest BCUT2D eigenvalue weighted by Crippen LogP contribution is 2.23. The highest BCUT2D eigenvalue weighted by molar-refractivity contribution is 7.80. The van der Waals surface area contributed by atoms with Gasteiger partial charge in [-0.15, -0.1) is 0 Å². The van der Waals surface area contributed by atoms with Crippen LogP contribution in [0.1, 0.15) is 22.3 Å². The number of nitrogens with one attached hydrogen (secondary N) is 1. The van der Waals surface area contributed by atoms with Crippen molar-refractivity contribution >= 4 is 23.0 Å². The second kappa shape index (κ2) is 10.8. The Morgan fingerprint density at radius 1 is 1.10 bits per heavy atom. The summed E-state index contributed by atoms with van der Waals surface area (Å²) >= 11 is 5.87. The predicted octanol–water partition coefficient (Wildman–Crippen LogP) is 4.15. The summed E-state index contributed by atoms with van der Waals surface area (Å²) in [4.78, 5) is 4.70. The molecule has 1 aliphatic rings. The molecule has 0 aromatic heterocycles. The molecule has 1 saturated heterocycles. The molecule has 0 spiro atoms. The second-order valence-electron chi connectivity index (χ2n) is 7.93. The van der Waals surface area contributed by atoms with E-state index in [1.165, 1.54) is 22.3 Å². The molecule has 0 unspecified atom stereocenters. The second-order valence-corrected chi connectivity index (χ2v) is 8.31. The van der Waals surface area contributed by atoms with E-state index in [0.29, 0.717) is 0 Å². The first-order valence-electron chi connectivity index (χ1n) is 10.5. The fourth-order valence-corrected chi connectivity index (χ4v) is 4.11. The summed E-state index contributed by atoms with van der Waals surface area (Å²) < 4.78 is 10.8. The van der Waals surface area contributed by atoms with E-state index < -0.39 is 0 Å². The Morgan fingerprint density at radius 3 is 2.33 bits per heavy atom. The van der Waals surface area contributed by atoms with E-state index in [1.807, 2.05) is 12.1 Å². The van der Waals surface area contributed by atoms with Gasteiger partial charge in [0, 0.05) is 38.4 Å². The lowest BCUT2D eigenvalue weighted by atomic mass is 10.1. The molecule has 0 bridgehead atoms. The molecule has 3 rings (SSSR count). The smallest absolute Gasteiger partial charge is 0.173 e. The number of morpholine rings is 1. The first-order chi connectivity index (χ1) is 14.5. The van der Waals surface area contributed by atoms with Gasteiger partial charge in [-0.1, -0.05) is 29.8 Å². The van der Waals surface area contributed by atoms with Crippen molar-refractivity contribution in [3.8, 4) is 5.75 Å². The van der Waals surface area contributed by atoms with Crippen molar-refractivity contribution in [2.45, 2.75) is 27.3 Å². The number of anilines is 1. The van der Waals surface area contributed by atoms with Crippen LogP contribution >= 0.6 is 12.2 Å². The fraction of sp³-hybridized carbons (Fsp3) is 0.458. The van der Waals surface area contributed by atoms with Gasteiger partial charge in [-0.05, 0) is 61.8 Å². The summed E-state index contributed by atoms with van der Waals surface area (Å²) in [6, 6.07) is 12.6. The average molecular weight is 428 g/mol. The molecule has 6 heteroatoms. The van der Waals surface area contributed by atoms with Crippen LogP contribution in [0.2, 0.25) is 0 Å². The van der Waals surface area contributed by atoms with Crippen LogP contribution < -0.4 is 10.1 Å². The van der Waals surface area contributed by atoms with E-state index in [-0.39, 0.29) is 0 Å². The number of hydrogen-bond acceptors (Lipinski definition) is 4. The average Bonchev–Trinajstić information content (AvgIpc) is 2.74. The van der Waals surface area contributed by atoms with Crippen LogP contribution in [0.15, 0.2) is 36.4 Å². The van der Waals surface area contributed by atoms with Crippen molar-refractivity contribution in [2.24, 2.45) is 0 Å². The van der Waals surface area contributed by atoms with Gasteiger partial charge in [0.2, 0.25) is 0 Å². The third-order valence-electron chi connectivity index (χ3n) is 5.52. The Bertz CT molecular complexity index is 825. The van der Waals surface area contributed by atoms with Gasteiger partial charge in [0.1, 0.15) is 5.75 Å². The zero-order valence-corrected chi connectivity index (χ0v) is 19.3. The van der Waals surface area contributed by atoms with Crippen LogP contribution in [-0.2, 0) is 11.3 Å². The minimum Gasteiger partial charge on any atom is -0.497 e. The molecular weight excluding hydrogens is 394 g/mol. The predicted molar refractivity (Wildman–Crippen MR) is 128 cm³/mol. The minimum absolute atomic E-state index is 0.754. The van der Waals surface area contributed by atoms with E-state index in [9.17, 15) is 0 Å². The molecule has 0 radical (unpaired) electrons. The summed E-state index contributed by atoms with van der Waals surface area (Å²) in [6.07, 6.45) is 0. The number of aryl methyl sites for hydroxylation is 3. The highest BCUT2D eigenvalue weighted by atomic mass is 32.1. The summed E-state index contributed by atoms with van der Waals surface area (Å²) in [7, 11) is 1.69. The maximum Gasteiger partial charge on any atom is 0.173 e. The van der Waals surface area contributed by atoms with Gasteiger partial charge in [-0.3, -0.25) is 4.90 Å². The highest BCUT2D eigenvalue weighted by Gasteiger charge is 2.16. The molecule has 1 fully saturated rings. The summed E-state index contributed by atoms with van der Waals surface area (Å²) in [5.74, 6) is 0.866. The van der Waals surface area contributed by atoms with E-state index in [0.717, 1.165) is 62.5 Å². The topological polar surface area (TPSA) is 37.0 Å². The Labute approximate surface area is 186 Å². The molecule has 0 atom stereocenters. The summed E-state index contributed by atoms with van der Waals surface area (Å²) in [5.41, 5.74) is 6.01. The number of thiocarbonyl (C=S) groups is 1. The maximum atomic E-state index is 5.87. The summed E-state index contributed by atoms with van der Waals surface area (Å²) in [6.45, 7) is 12.5. The Kier molecular flexibility index (Phi) is 8.08. The number of benzene rings is 2. The van der Waals surface area contributed by atoms with Crippen LogP contribution in [0.25, 0.3) is 0 Å². The van der Waals surface area contributed by atoms with Gasteiger partial charge in [0.05, 0.1) is 20.3 Å². The quantitative estimate of drug-likeness (QED) is 0.669. The van der Waals surface area contributed by atoms with E-state index in [4.69, 9.17) is 21.7 Å². The first-order valence-corrected chi connectivity index (χ1v) is 10.9. The van der Waals surface area contributed by atoms with Crippen LogP contribution in [0.4, 0.5) is 5.69 Å². The Balaban J connectivity index is 1.73. The lowest BCUT2D eigenvalue weighted by molar-refractivity contribution is 0.0358. The molecule has 0 amide bonds. The Hall–Kier alpha value is -2.15. The van der Waals surface area contributed by atoms with Crippen LogP contribution in [0.5, 0.6) is 5.75 Å². The van der Waals surface area contributed by atoms with Gasteiger partial charge in [0.25, 0.3) is 0 Å². The van der Waals surface area contributed by atoms with Gasteiger partial charge < -0.3 is 19.7 Å². The van der Waals surface area contributed by atoms with Crippen molar-refractivity contribution in [1.82, 2.24) is 9.80 Å². The molecule has 162 valence electrons. The largest absolute Gasteiger partial charge is 0.497 e. The molecule has 1 aliphatic heterocycles. The lowest BCUT2D eigenvalue weighted by Crippen LogP contribution is -2.44. The monoisotopic (exact) mass is 427 g/mol. The van der Waals surface area contributed by atoms with Crippen molar-refractivity contribution in [3.63, 3.8) is 0 Å². The SMILES string of the molecule is COc1ccc(CN(CCN2CCOCC2)C(=S)Nc2c(C)cc(C)cc2C)cc1. The van der Waals surface area contributed by atoms with Crippen molar-refractivity contribution < 1.29 is 9.47 Å². The summed E-state index contributed by atoms with van der Waals surface area (Å²) in [5, 5.41) is 4.28. The zero-order chi connectivity index (χ0) is 21.5. The molecule has 30 heavy (non-hydrogen) atoms. The number of ether oxygens (including phenoxy) is 2. The molecule has 1 N–H and O–H groups in total. The van der Waals surface area contributed by atoms with Crippen LogP contribution in [0.3, 0.4) is 0 Å². The molecule has 5 nitrogen and oxygen atoms in total. The van der Waals surface area contributed by atoms with Crippen LogP contribution in [0, 0.1) is 20.8 Å². The van der Waals surface area contributed by atoms with Crippen molar-refractivity contribution in [2.75, 3.05) is 51.8 Å². The van der Waals surface area contributed by atoms with Crippen molar-refractivity contribution in [3.05, 3.63) is 58.7 Å². The third-order valence-corrected chi connectivity index (χ3v) is 5.88. The first kappa shape index (κ1) is 22.5. The number of hydrogen-bond donors (Lipinski definition) is 1. The fourth-order valence-electron chi connectivity index (χ4n) is 3.85. The van der Waals surface area contributed by atoms with Gasteiger partial charge in [-0.25, -0.2) is 0 Å². The molecule has 0 aliphatic carbocycles. The van der Waals surface area contributed by atoms with E-state index >= 15 is 0 Å². The molecule has 2 aromatic rings. The van der Waals surface area contributed by atoms with E-state index in [1.54, 1.807) is 7.11 Å². The zero-order valence-electron chi connectivity index (χ0n) is 18.5. The van der Waals surface area contributed by atoms with Gasteiger partial charge in [0.15, 0.2) is 5.11 Å². The molecule has 2 aromatic carbocycles. The number of rotatable bonds is 7. The number of methoxy groups -OCH3 is 1. The third kappa shape index (κ3) is 6.17. The Morgan fingerprint density at radius 2 is 1.73 bits per heavy atom. The van der Waals surface area contributed by atoms with Crippen LogP contribution in [-0.4, -0.2) is 61.4 Å². The minimum atomic E-state index is 0.754. The standard InChI is InChI=1S/C24H33N3O2S/c1-18-15-19(2)23(20(3)16-18)25-24(30)27(10-9-26-11-13-29-14-12-26)17-21-5-7-22(28-4)8-6-21/h5-8,15-16H,9-14,17H2,1-4H3,(H,25,30). The van der Waals surface area contributed by atoms with E-state index in [2.05, 4.69) is 60.2 Å². The molecule has 1 heterocycles. The lowest BCUT2D eigenvalue weighted by Gasteiger charge is -2.32. The maximum absolute atomic E-state index is 5.87. The van der Waals surface area contributed by atoms with Gasteiger partial charge in [-0.2, -0.15) is 0 Å². The van der Waals surface area contributed by atoms with Crippen molar-refractivity contribution in [1.29, 1.82) is 0 Å². The number of nitrogens with zero attached hydrogens (tertiary/aromatic N) is 2. The normalized spacial score (nSPS) is 14.4.